The SMILES string of the molecule is Cc1cc(S(=O)(=O)NCCC(=O)O)cc([N+](=O)[O-])c1F. The summed E-state index contributed by atoms with van der Waals surface area (Å²) in [5.74, 6) is -2.31. The van der Waals surface area contributed by atoms with E-state index in [0.29, 0.717) is 6.07 Å². The van der Waals surface area contributed by atoms with Crippen molar-refractivity contribution >= 4 is 21.7 Å². The third kappa shape index (κ3) is 3.71. The van der Waals surface area contributed by atoms with Crippen LogP contribution in [0.15, 0.2) is 17.0 Å². The predicted octanol–water partition coefficient (Wildman–Crippen LogP) is 0.795. The molecule has 0 aromatic heterocycles. The van der Waals surface area contributed by atoms with Crippen molar-refractivity contribution in [1.29, 1.82) is 0 Å². The number of carboxylic acid groups (broad SMARTS) is 1. The molecule has 8 nitrogen and oxygen atoms in total. The van der Waals surface area contributed by atoms with E-state index in [-0.39, 0.29) is 12.1 Å². The third-order valence-electron chi connectivity index (χ3n) is 2.35. The van der Waals surface area contributed by atoms with Crippen molar-refractivity contribution in [2.75, 3.05) is 6.54 Å². The number of hydrogen-bond donors (Lipinski definition) is 2. The van der Waals surface area contributed by atoms with Crippen LogP contribution in [0, 0.1) is 22.9 Å². The zero-order valence-corrected chi connectivity index (χ0v) is 11.1. The number of carboxylic acids is 1. The first-order chi connectivity index (χ1) is 9.15. The standard InChI is InChI=1S/C10H11FN2O6S/c1-6-4-7(5-8(10(6)11)13(16)17)20(18,19)12-3-2-9(14)15/h4-5,12H,2-3H2,1H3,(H,14,15). The number of benzene rings is 1. The first kappa shape index (κ1) is 16.0. The number of rotatable bonds is 6. The molecule has 1 rings (SSSR count). The van der Waals surface area contributed by atoms with Crippen LogP contribution in [0.25, 0.3) is 0 Å². The van der Waals surface area contributed by atoms with E-state index in [1.807, 2.05) is 4.72 Å². The molecule has 110 valence electrons. The van der Waals surface area contributed by atoms with E-state index < -0.39 is 43.7 Å². The van der Waals surface area contributed by atoms with Gasteiger partial charge in [0.1, 0.15) is 0 Å². The van der Waals surface area contributed by atoms with Crippen LogP contribution in [0.1, 0.15) is 12.0 Å². The Morgan fingerprint density at radius 1 is 1.50 bits per heavy atom. The van der Waals surface area contributed by atoms with E-state index >= 15 is 0 Å². The summed E-state index contributed by atoms with van der Waals surface area (Å²) in [5.41, 5.74) is -1.15. The first-order valence-electron chi connectivity index (χ1n) is 5.31. The van der Waals surface area contributed by atoms with Crippen LogP contribution < -0.4 is 4.72 Å². The number of hydrogen-bond acceptors (Lipinski definition) is 5. The summed E-state index contributed by atoms with van der Waals surface area (Å²) in [7, 11) is -4.14. The van der Waals surface area contributed by atoms with E-state index in [4.69, 9.17) is 5.11 Å². The summed E-state index contributed by atoms with van der Waals surface area (Å²) < 4.78 is 39.0. The number of aliphatic carboxylic acids is 1. The minimum atomic E-state index is -4.14. The molecule has 0 amide bonds. The highest BCUT2D eigenvalue weighted by molar-refractivity contribution is 7.89. The number of carbonyl (C=O) groups is 1. The highest BCUT2D eigenvalue weighted by Crippen LogP contribution is 2.24. The lowest BCUT2D eigenvalue weighted by atomic mass is 10.2. The summed E-state index contributed by atoms with van der Waals surface area (Å²) in [5, 5.41) is 19.0. The van der Waals surface area contributed by atoms with Crippen LogP contribution in [0.3, 0.4) is 0 Å². The van der Waals surface area contributed by atoms with Crippen molar-refractivity contribution in [3.8, 4) is 0 Å². The van der Waals surface area contributed by atoms with Crippen LogP contribution in [-0.4, -0.2) is 31.0 Å². The number of nitrogens with zero attached hydrogens (tertiary/aromatic N) is 1. The monoisotopic (exact) mass is 306 g/mol. The van der Waals surface area contributed by atoms with Crippen LogP contribution in [-0.2, 0) is 14.8 Å². The van der Waals surface area contributed by atoms with Gasteiger partial charge in [-0.3, -0.25) is 14.9 Å². The highest BCUT2D eigenvalue weighted by atomic mass is 32.2. The maximum Gasteiger partial charge on any atom is 0.306 e. The molecule has 0 heterocycles. The molecule has 0 spiro atoms. The predicted molar refractivity (Wildman–Crippen MR) is 65.2 cm³/mol. The molecule has 0 bridgehead atoms. The lowest BCUT2D eigenvalue weighted by Gasteiger charge is -2.07. The molecule has 0 atom stereocenters. The number of nitro benzene ring substituents is 1. The molecule has 0 aliphatic carbocycles. The molecule has 10 heteroatoms. The van der Waals surface area contributed by atoms with E-state index in [0.717, 1.165) is 6.07 Å². The molecule has 0 fully saturated rings. The number of nitrogens with one attached hydrogen (secondary N) is 1. The van der Waals surface area contributed by atoms with Crippen LogP contribution in [0.5, 0.6) is 0 Å². The Morgan fingerprint density at radius 2 is 2.10 bits per heavy atom. The van der Waals surface area contributed by atoms with Gasteiger partial charge in [-0.2, -0.15) is 4.39 Å². The third-order valence-corrected chi connectivity index (χ3v) is 3.79. The molecule has 0 unspecified atom stereocenters. The zero-order valence-electron chi connectivity index (χ0n) is 10.3. The van der Waals surface area contributed by atoms with Gasteiger partial charge < -0.3 is 5.11 Å². The molecule has 0 aliphatic rings. The van der Waals surface area contributed by atoms with Gasteiger partial charge in [0.25, 0.3) is 0 Å². The maximum atomic E-state index is 13.4. The molecular formula is C10H11FN2O6S. The Bertz CT molecular complexity index is 658. The van der Waals surface area contributed by atoms with Gasteiger partial charge in [-0.05, 0) is 18.6 Å². The zero-order chi connectivity index (χ0) is 15.5. The molecule has 0 aliphatic heterocycles. The molecule has 0 radical (unpaired) electrons. The van der Waals surface area contributed by atoms with E-state index in [1.165, 1.54) is 6.92 Å². The van der Waals surface area contributed by atoms with Gasteiger partial charge in [0.15, 0.2) is 0 Å². The van der Waals surface area contributed by atoms with Crippen molar-refractivity contribution in [3.63, 3.8) is 0 Å². The fourth-order valence-corrected chi connectivity index (χ4v) is 2.52. The largest absolute Gasteiger partial charge is 0.481 e. The quantitative estimate of drug-likeness (QED) is 0.591. The highest BCUT2D eigenvalue weighted by Gasteiger charge is 2.23. The van der Waals surface area contributed by atoms with Gasteiger partial charge >= 0.3 is 11.7 Å². The fourth-order valence-electron chi connectivity index (χ4n) is 1.38. The number of sulfonamides is 1. The van der Waals surface area contributed by atoms with Crippen LogP contribution in [0.2, 0.25) is 0 Å². The second kappa shape index (κ2) is 5.92. The van der Waals surface area contributed by atoms with Gasteiger partial charge in [0, 0.05) is 12.6 Å². The number of nitro groups is 1. The Balaban J connectivity index is 3.13. The van der Waals surface area contributed by atoms with Gasteiger partial charge in [0.05, 0.1) is 16.2 Å². The van der Waals surface area contributed by atoms with Crippen molar-refractivity contribution in [1.82, 2.24) is 4.72 Å². The smallest absolute Gasteiger partial charge is 0.306 e. The molecule has 0 saturated carbocycles. The molecule has 20 heavy (non-hydrogen) atoms. The summed E-state index contributed by atoms with van der Waals surface area (Å²) in [6.07, 6.45) is -0.443. The van der Waals surface area contributed by atoms with Gasteiger partial charge in [-0.25, -0.2) is 13.1 Å². The minimum absolute atomic E-state index is 0.196. The molecule has 0 saturated heterocycles. The van der Waals surface area contributed by atoms with Crippen LogP contribution in [0.4, 0.5) is 10.1 Å². The maximum absolute atomic E-state index is 13.4. The number of halogens is 1. The van der Waals surface area contributed by atoms with Gasteiger partial charge in [-0.1, -0.05) is 0 Å². The van der Waals surface area contributed by atoms with E-state index in [9.17, 15) is 27.7 Å². The van der Waals surface area contributed by atoms with Crippen molar-refractivity contribution < 1.29 is 27.6 Å². The van der Waals surface area contributed by atoms with E-state index in [1.54, 1.807) is 0 Å². The molecular weight excluding hydrogens is 295 g/mol. The Kier molecular flexibility index (Phi) is 4.73. The first-order valence-corrected chi connectivity index (χ1v) is 6.79. The van der Waals surface area contributed by atoms with Gasteiger partial charge in [-0.15, -0.1) is 0 Å². The second-order valence-corrected chi connectivity index (χ2v) is 5.64. The average Bonchev–Trinajstić information content (AvgIpc) is 2.31. The molecule has 1 aromatic carbocycles. The topological polar surface area (TPSA) is 127 Å². The molecule has 2 N–H and O–H groups in total. The summed E-state index contributed by atoms with van der Waals surface area (Å²) in [6, 6.07) is 1.52. The second-order valence-electron chi connectivity index (χ2n) is 3.87. The number of aryl methyl sites for hydroxylation is 1. The Hall–Kier alpha value is -2.07. The summed E-state index contributed by atoms with van der Waals surface area (Å²) in [6.45, 7) is 0.820. The lowest BCUT2D eigenvalue weighted by molar-refractivity contribution is -0.387. The summed E-state index contributed by atoms with van der Waals surface area (Å²) in [4.78, 5) is 19.4. The summed E-state index contributed by atoms with van der Waals surface area (Å²) >= 11 is 0. The average molecular weight is 306 g/mol. The van der Waals surface area contributed by atoms with E-state index in [2.05, 4.69) is 0 Å². The lowest BCUT2D eigenvalue weighted by Crippen LogP contribution is -2.26. The minimum Gasteiger partial charge on any atom is -0.481 e. The normalized spacial score (nSPS) is 11.3. The fraction of sp³-hybridized carbons (Fsp3) is 0.300. The van der Waals surface area contributed by atoms with Gasteiger partial charge in [0.2, 0.25) is 15.8 Å². The molecule has 1 aromatic rings. The van der Waals surface area contributed by atoms with Crippen molar-refractivity contribution in [3.05, 3.63) is 33.6 Å². The Morgan fingerprint density at radius 3 is 2.60 bits per heavy atom. The van der Waals surface area contributed by atoms with Crippen molar-refractivity contribution in [2.45, 2.75) is 18.2 Å². The van der Waals surface area contributed by atoms with Crippen molar-refractivity contribution in [2.24, 2.45) is 0 Å². The Labute approximate surface area is 113 Å². The van der Waals surface area contributed by atoms with Crippen LogP contribution >= 0.6 is 0 Å².